The van der Waals surface area contributed by atoms with E-state index in [2.05, 4.69) is 59.1 Å². The minimum absolute atomic E-state index is 0.0105. The van der Waals surface area contributed by atoms with E-state index in [0.717, 1.165) is 63.4 Å². The molecule has 0 unspecified atom stereocenters. The van der Waals surface area contributed by atoms with Crippen LogP contribution in [0.15, 0.2) is 36.7 Å². The van der Waals surface area contributed by atoms with Gasteiger partial charge in [-0.15, -0.1) is 0 Å². The minimum atomic E-state index is -0.0105. The van der Waals surface area contributed by atoms with Crippen LogP contribution in [0.5, 0.6) is 0 Å². The van der Waals surface area contributed by atoms with E-state index >= 15 is 0 Å². The molecule has 28 heavy (non-hydrogen) atoms. The zero-order chi connectivity index (χ0) is 19.9. The van der Waals surface area contributed by atoms with Gasteiger partial charge in [-0.3, -0.25) is 0 Å². The average Bonchev–Trinajstić information content (AvgIpc) is 3.16. The van der Waals surface area contributed by atoms with E-state index in [4.69, 9.17) is 0 Å². The van der Waals surface area contributed by atoms with Gasteiger partial charge in [0.15, 0.2) is 0 Å². The fourth-order valence-electron chi connectivity index (χ4n) is 3.87. The SMILES string of the molecule is CCc1cccc(NC(=O)N2CCC[C@@H](c3nccn3CCCN(C)C)C2)c1. The molecule has 0 bridgehead atoms. The zero-order valence-corrected chi connectivity index (χ0v) is 17.4. The number of benzene rings is 1. The molecule has 6 heteroatoms. The van der Waals surface area contributed by atoms with Gasteiger partial charge in [-0.05, 0) is 64.0 Å². The molecule has 1 aromatic heterocycles. The first-order valence-electron chi connectivity index (χ1n) is 10.4. The summed E-state index contributed by atoms with van der Waals surface area (Å²) < 4.78 is 2.26. The third-order valence-electron chi connectivity index (χ3n) is 5.41. The van der Waals surface area contributed by atoms with Gasteiger partial charge in [0.05, 0.1) is 0 Å². The predicted molar refractivity (Wildman–Crippen MR) is 114 cm³/mol. The number of hydrogen-bond donors (Lipinski definition) is 1. The van der Waals surface area contributed by atoms with E-state index in [-0.39, 0.29) is 6.03 Å². The van der Waals surface area contributed by atoms with E-state index in [9.17, 15) is 4.79 Å². The highest BCUT2D eigenvalue weighted by Crippen LogP contribution is 2.26. The molecule has 0 aliphatic carbocycles. The van der Waals surface area contributed by atoms with Gasteiger partial charge in [0, 0.05) is 43.6 Å². The summed E-state index contributed by atoms with van der Waals surface area (Å²) in [5.74, 6) is 1.42. The van der Waals surface area contributed by atoms with E-state index in [1.807, 2.05) is 23.2 Å². The van der Waals surface area contributed by atoms with Gasteiger partial charge in [-0.1, -0.05) is 19.1 Å². The number of rotatable bonds is 7. The number of carbonyl (C=O) groups excluding carboxylic acids is 1. The van der Waals surface area contributed by atoms with Crippen LogP contribution in [-0.4, -0.2) is 59.1 Å². The normalized spacial score (nSPS) is 17.1. The van der Waals surface area contributed by atoms with Crippen LogP contribution in [0, 0.1) is 0 Å². The van der Waals surface area contributed by atoms with Crippen LogP contribution in [0.3, 0.4) is 0 Å². The first kappa shape index (κ1) is 20.4. The van der Waals surface area contributed by atoms with Crippen LogP contribution < -0.4 is 5.32 Å². The second kappa shape index (κ2) is 9.73. The molecular weight excluding hydrogens is 350 g/mol. The molecule has 1 fully saturated rings. The summed E-state index contributed by atoms with van der Waals surface area (Å²) in [6.07, 6.45) is 8.12. The zero-order valence-electron chi connectivity index (χ0n) is 17.4. The number of anilines is 1. The first-order valence-corrected chi connectivity index (χ1v) is 10.4. The Morgan fingerprint density at radius 2 is 2.21 bits per heavy atom. The maximum Gasteiger partial charge on any atom is 0.321 e. The van der Waals surface area contributed by atoms with Crippen LogP contribution in [-0.2, 0) is 13.0 Å². The fraction of sp³-hybridized carbons (Fsp3) is 0.545. The van der Waals surface area contributed by atoms with Gasteiger partial charge in [0.1, 0.15) is 5.82 Å². The summed E-state index contributed by atoms with van der Waals surface area (Å²) in [5.41, 5.74) is 2.10. The highest BCUT2D eigenvalue weighted by Gasteiger charge is 2.27. The summed E-state index contributed by atoms with van der Waals surface area (Å²) in [6.45, 7) is 5.69. The lowest BCUT2D eigenvalue weighted by Gasteiger charge is -2.32. The Bertz CT molecular complexity index is 770. The number of likely N-dealkylation sites (tertiary alicyclic amines) is 1. The molecule has 2 aromatic rings. The van der Waals surface area contributed by atoms with Crippen molar-refractivity contribution in [1.29, 1.82) is 0 Å². The summed E-state index contributed by atoms with van der Waals surface area (Å²) >= 11 is 0. The number of imidazole rings is 1. The van der Waals surface area contributed by atoms with Crippen molar-refractivity contribution < 1.29 is 4.79 Å². The second-order valence-corrected chi connectivity index (χ2v) is 7.90. The molecule has 0 saturated carbocycles. The highest BCUT2D eigenvalue weighted by atomic mass is 16.2. The molecule has 2 amide bonds. The van der Waals surface area contributed by atoms with Crippen LogP contribution in [0.25, 0.3) is 0 Å². The largest absolute Gasteiger partial charge is 0.335 e. The standard InChI is InChI=1S/C22H33N5O/c1-4-18-8-5-10-20(16-18)24-22(28)27-13-6-9-19(17-27)21-23-11-15-26(21)14-7-12-25(2)3/h5,8,10-11,15-16,19H,4,6-7,9,12-14,17H2,1-3H3,(H,24,28)/t19-/m1/s1. The van der Waals surface area contributed by atoms with Crippen molar-refractivity contribution in [2.45, 2.75) is 45.1 Å². The monoisotopic (exact) mass is 383 g/mol. The van der Waals surface area contributed by atoms with Crippen molar-refractivity contribution >= 4 is 11.7 Å². The lowest BCUT2D eigenvalue weighted by Crippen LogP contribution is -2.42. The third-order valence-corrected chi connectivity index (χ3v) is 5.41. The Morgan fingerprint density at radius 3 is 3.00 bits per heavy atom. The Morgan fingerprint density at radius 1 is 1.36 bits per heavy atom. The van der Waals surface area contributed by atoms with Crippen molar-refractivity contribution in [3.05, 3.63) is 48.0 Å². The molecule has 1 saturated heterocycles. The smallest absolute Gasteiger partial charge is 0.321 e. The molecule has 1 aliphatic heterocycles. The summed E-state index contributed by atoms with van der Waals surface area (Å²) in [5, 5.41) is 3.07. The molecule has 2 heterocycles. The molecule has 0 radical (unpaired) electrons. The molecule has 1 N–H and O–H groups in total. The van der Waals surface area contributed by atoms with Crippen LogP contribution in [0.2, 0.25) is 0 Å². The highest BCUT2D eigenvalue weighted by molar-refractivity contribution is 5.89. The van der Waals surface area contributed by atoms with Gasteiger partial charge in [0.2, 0.25) is 0 Å². The second-order valence-electron chi connectivity index (χ2n) is 7.90. The van der Waals surface area contributed by atoms with Crippen molar-refractivity contribution in [1.82, 2.24) is 19.4 Å². The maximum absolute atomic E-state index is 12.8. The van der Waals surface area contributed by atoms with E-state index < -0.39 is 0 Å². The Hall–Kier alpha value is -2.34. The number of amides is 2. The molecule has 1 aliphatic rings. The summed E-state index contributed by atoms with van der Waals surface area (Å²) in [7, 11) is 4.20. The number of aromatic nitrogens is 2. The average molecular weight is 384 g/mol. The molecule has 1 atom stereocenters. The van der Waals surface area contributed by atoms with Gasteiger partial charge in [0.25, 0.3) is 0 Å². The van der Waals surface area contributed by atoms with Gasteiger partial charge >= 0.3 is 6.03 Å². The molecule has 152 valence electrons. The van der Waals surface area contributed by atoms with Gasteiger partial charge in [-0.25, -0.2) is 9.78 Å². The van der Waals surface area contributed by atoms with Crippen LogP contribution in [0.4, 0.5) is 10.5 Å². The van der Waals surface area contributed by atoms with Crippen molar-refractivity contribution in [2.24, 2.45) is 0 Å². The third kappa shape index (κ3) is 5.35. The van der Waals surface area contributed by atoms with Crippen molar-refractivity contribution in [2.75, 3.05) is 39.0 Å². The number of hydrogen-bond acceptors (Lipinski definition) is 3. The van der Waals surface area contributed by atoms with E-state index in [1.54, 1.807) is 0 Å². The summed E-state index contributed by atoms with van der Waals surface area (Å²) in [6, 6.07) is 8.08. The number of aryl methyl sites for hydroxylation is 2. The lowest BCUT2D eigenvalue weighted by molar-refractivity contribution is 0.190. The maximum atomic E-state index is 12.8. The van der Waals surface area contributed by atoms with Gasteiger partial charge in [-0.2, -0.15) is 0 Å². The molecule has 6 nitrogen and oxygen atoms in total. The Kier molecular flexibility index (Phi) is 7.09. The molecular formula is C22H33N5O. The van der Waals surface area contributed by atoms with Crippen LogP contribution in [0.1, 0.15) is 43.5 Å². The number of piperidine rings is 1. The van der Waals surface area contributed by atoms with Crippen molar-refractivity contribution in [3.63, 3.8) is 0 Å². The molecule has 0 spiro atoms. The molecule has 1 aromatic carbocycles. The number of urea groups is 1. The predicted octanol–water partition coefficient (Wildman–Crippen LogP) is 3.81. The molecule has 3 rings (SSSR count). The number of carbonyl (C=O) groups is 1. The minimum Gasteiger partial charge on any atom is -0.335 e. The van der Waals surface area contributed by atoms with Crippen LogP contribution >= 0.6 is 0 Å². The summed E-state index contributed by atoms with van der Waals surface area (Å²) in [4.78, 5) is 21.6. The van der Waals surface area contributed by atoms with Gasteiger partial charge < -0.3 is 19.7 Å². The van der Waals surface area contributed by atoms with Crippen molar-refractivity contribution in [3.8, 4) is 0 Å². The number of nitrogens with one attached hydrogen (secondary N) is 1. The Labute approximate surface area is 168 Å². The number of nitrogens with zero attached hydrogens (tertiary/aromatic N) is 4. The first-order chi connectivity index (χ1) is 13.6. The topological polar surface area (TPSA) is 53.4 Å². The Balaban J connectivity index is 1.61. The quantitative estimate of drug-likeness (QED) is 0.791. The lowest BCUT2D eigenvalue weighted by atomic mass is 9.97. The fourth-order valence-corrected chi connectivity index (χ4v) is 3.87. The van der Waals surface area contributed by atoms with E-state index in [0.29, 0.717) is 5.92 Å². The van der Waals surface area contributed by atoms with E-state index in [1.165, 1.54) is 5.56 Å².